The molecule has 1 aliphatic rings. The zero-order valence-electron chi connectivity index (χ0n) is 13.5. The molecule has 0 aromatic heterocycles. The van der Waals surface area contributed by atoms with Gasteiger partial charge in [-0.05, 0) is 51.5 Å². The largest absolute Gasteiger partial charge is 0.460 e. The molecule has 1 fully saturated rings. The molecule has 1 aromatic rings. The zero-order chi connectivity index (χ0) is 17.0. The minimum Gasteiger partial charge on any atom is -0.460 e. The van der Waals surface area contributed by atoms with Crippen molar-refractivity contribution in [2.75, 3.05) is 11.5 Å². The molecule has 23 heavy (non-hydrogen) atoms. The molecule has 1 aliphatic heterocycles. The fourth-order valence-electron chi connectivity index (χ4n) is 2.21. The van der Waals surface area contributed by atoms with Gasteiger partial charge < -0.3 is 4.74 Å². The van der Waals surface area contributed by atoms with Crippen LogP contribution in [0.4, 0.5) is 0 Å². The van der Waals surface area contributed by atoms with Gasteiger partial charge >= 0.3 is 5.97 Å². The SMILES string of the molecule is CC(C)(C)OC(=O)C1CSC(CSC(=O)c2ccc(Cl)cc2)C1. The van der Waals surface area contributed by atoms with E-state index >= 15 is 0 Å². The van der Waals surface area contributed by atoms with Crippen LogP contribution in [0.25, 0.3) is 0 Å². The topological polar surface area (TPSA) is 43.4 Å². The van der Waals surface area contributed by atoms with Crippen LogP contribution in [0, 0.1) is 5.92 Å². The van der Waals surface area contributed by atoms with E-state index in [0.29, 0.717) is 21.6 Å². The van der Waals surface area contributed by atoms with Gasteiger partial charge in [-0.25, -0.2) is 0 Å². The normalized spacial score (nSPS) is 21.2. The molecule has 0 amide bonds. The van der Waals surface area contributed by atoms with Crippen LogP contribution < -0.4 is 0 Å². The number of esters is 1. The van der Waals surface area contributed by atoms with Crippen molar-refractivity contribution in [3.05, 3.63) is 34.9 Å². The van der Waals surface area contributed by atoms with Gasteiger partial charge in [0.15, 0.2) is 0 Å². The van der Waals surface area contributed by atoms with Crippen LogP contribution >= 0.6 is 35.1 Å². The van der Waals surface area contributed by atoms with E-state index in [-0.39, 0.29) is 17.0 Å². The molecule has 2 rings (SSSR count). The Morgan fingerprint density at radius 1 is 1.30 bits per heavy atom. The highest BCUT2D eigenvalue weighted by Gasteiger charge is 2.33. The number of halogens is 1. The number of rotatable bonds is 4. The lowest BCUT2D eigenvalue weighted by Crippen LogP contribution is -2.29. The summed E-state index contributed by atoms with van der Waals surface area (Å²) in [5.41, 5.74) is 0.213. The number of carbonyl (C=O) groups is 2. The Morgan fingerprint density at radius 2 is 1.96 bits per heavy atom. The van der Waals surface area contributed by atoms with E-state index in [1.54, 1.807) is 36.0 Å². The van der Waals surface area contributed by atoms with E-state index in [1.165, 1.54) is 11.8 Å². The molecule has 0 spiro atoms. The quantitative estimate of drug-likeness (QED) is 0.718. The van der Waals surface area contributed by atoms with Crippen molar-refractivity contribution in [3.8, 4) is 0 Å². The molecule has 126 valence electrons. The molecule has 0 radical (unpaired) electrons. The Labute approximate surface area is 150 Å². The molecule has 2 unspecified atom stereocenters. The van der Waals surface area contributed by atoms with Crippen LogP contribution in [-0.4, -0.2) is 33.4 Å². The van der Waals surface area contributed by atoms with Crippen molar-refractivity contribution in [2.45, 2.75) is 38.0 Å². The highest BCUT2D eigenvalue weighted by molar-refractivity contribution is 8.15. The van der Waals surface area contributed by atoms with Gasteiger partial charge in [0.2, 0.25) is 5.12 Å². The number of ether oxygens (including phenoxy) is 1. The van der Waals surface area contributed by atoms with Gasteiger partial charge in [-0.3, -0.25) is 9.59 Å². The molecule has 0 N–H and O–H groups in total. The standard InChI is InChI=1S/C17H21ClO3S2/c1-17(2,3)21-15(19)12-8-14(22-9-12)10-23-16(20)11-4-6-13(18)7-5-11/h4-7,12,14H,8-10H2,1-3H3. The summed E-state index contributed by atoms with van der Waals surface area (Å²) in [6, 6.07) is 6.92. The van der Waals surface area contributed by atoms with Crippen LogP contribution in [0.1, 0.15) is 37.6 Å². The predicted molar refractivity (Wildman–Crippen MR) is 98.4 cm³/mol. The maximum Gasteiger partial charge on any atom is 0.310 e. The van der Waals surface area contributed by atoms with E-state index in [0.717, 1.165) is 12.2 Å². The summed E-state index contributed by atoms with van der Waals surface area (Å²) < 4.78 is 5.44. The van der Waals surface area contributed by atoms with Crippen molar-refractivity contribution in [2.24, 2.45) is 5.92 Å². The Hall–Kier alpha value is -0.650. The van der Waals surface area contributed by atoms with Gasteiger partial charge in [-0.2, -0.15) is 11.8 Å². The summed E-state index contributed by atoms with van der Waals surface area (Å²) in [4.78, 5) is 24.2. The Morgan fingerprint density at radius 3 is 2.57 bits per heavy atom. The minimum absolute atomic E-state index is 0.0444. The fraction of sp³-hybridized carbons (Fsp3) is 0.529. The summed E-state index contributed by atoms with van der Waals surface area (Å²) in [5.74, 6) is 1.30. The number of hydrogen-bond acceptors (Lipinski definition) is 5. The van der Waals surface area contributed by atoms with Gasteiger partial charge in [0, 0.05) is 27.3 Å². The molecule has 1 saturated heterocycles. The monoisotopic (exact) mass is 372 g/mol. The average molecular weight is 373 g/mol. The number of carbonyl (C=O) groups excluding carboxylic acids is 2. The molecule has 0 saturated carbocycles. The number of benzene rings is 1. The number of hydrogen-bond donors (Lipinski definition) is 0. The van der Waals surface area contributed by atoms with Crippen molar-refractivity contribution in [1.82, 2.24) is 0 Å². The first-order valence-corrected chi connectivity index (χ1v) is 9.93. The molecule has 0 bridgehead atoms. The van der Waals surface area contributed by atoms with E-state index in [4.69, 9.17) is 16.3 Å². The third-order valence-corrected chi connectivity index (χ3v) is 6.26. The zero-order valence-corrected chi connectivity index (χ0v) is 15.9. The lowest BCUT2D eigenvalue weighted by molar-refractivity contribution is -0.159. The van der Waals surface area contributed by atoms with Gasteiger partial charge in [0.25, 0.3) is 0 Å². The van der Waals surface area contributed by atoms with Crippen LogP contribution in [0.2, 0.25) is 5.02 Å². The van der Waals surface area contributed by atoms with Crippen LogP contribution in [0.3, 0.4) is 0 Å². The number of thioether (sulfide) groups is 2. The molecule has 0 aliphatic carbocycles. The van der Waals surface area contributed by atoms with Gasteiger partial charge in [0.1, 0.15) is 5.60 Å². The van der Waals surface area contributed by atoms with Crippen LogP contribution in [0.15, 0.2) is 24.3 Å². The van der Waals surface area contributed by atoms with Crippen LogP contribution in [0.5, 0.6) is 0 Å². The lowest BCUT2D eigenvalue weighted by atomic mass is 10.1. The highest BCUT2D eigenvalue weighted by atomic mass is 35.5. The second-order valence-corrected chi connectivity index (χ2v) is 9.29. The Kier molecular flexibility index (Phi) is 6.46. The fourth-order valence-corrected chi connectivity index (χ4v) is 4.85. The van der Waals surface area contributed by atoms with Gasteiger partial charge in [-0.1, -0.05) is 23.4 Å². The predicted octanol–water partition coefficient (Wildman–Crippen LogP) is 4.68. The summed E-state index contributed by atoms with van der Waals surface area (Å²) in [6.45, 7) is 5.64. The first-order chi connectivity index (χ1) is 10.7. The first kappa shape index (κ1) is 18.7. The Bertz CT molecular complexity index is 566. The first-order valence-electron chi connectivity index (χ1n) is 7.52. The van der Waals surface area contributed by atoms with E-state index in [2.05, 4.69) is 0 Å². The molecular formula is C17H21ClO3S2. The average Bonchev–Trinajstić information content (AvgIpc) is 2.93. The van der Waals surface area contributed by atoms with Crippen molar-refractivity contribution in [1.29, 1.82) is 0 Å². The van der Waals surface area contributed by atoms with Crippen molar-refractivity contribution >= 4 is 46.2 Å². The van der Waals surface area contributed by atoms with Crippen molar-refractivity contribution in [3.63, 3.8) is 0 Å². The van der Waals surface area contributed by atoms with E-state index < -0.39 is 5.60 Å². The minimum atomic E-state index is -0.445. The van der Waals surface area contributed by atoms with E-state index in [1.807, 2.05) is 20.8 Å². The summed E-state index contributed by atoms with van der Waals surface area (Å²) in [5, 5.41) is 0.981. The van der Waals surface area contributed by atoms with Crippen LogP contribution in [-0.2, 0) is 9.53 Å². The molecule has 6 heteroatoms. The third kappa shape index (κ3) is 6.05. The van der Waals surface area contributed by atoms with Crippen molar-refractivity contribution < 1.29 is 14.3 Å². The molecule has 1 heterocycles. The molecule has 3 nitrogen and oxygen atoms in total. The van der Waals surface area contributed by atoms with Gasteiger partial charge in [-0.15, -0.1) is 0 Å². The summed E-state index contributed by atoms with van der Waals surface area (Å²) in [6.07, 6.45) is 0.778. The molecular weight excluding hydrogens is 352 g/mol. The van der Waals surface area contributed by atoms with Gasteiger partial charge in [0.05, 0.1) is 5.92 Å². The smallest absolute Gasteiger partial charge is 0.310 e. The maximum atomic E-state index is 12.1. The summed E-state index contributed by atoms with van der Waals surface area (Å²) >= 11 is 8.88. The molecule has 1 aromatic carbocycles. The highest BCUT2D eigenvalue weighted by Crippen LogP contribution is 2.35. The molecule has 2 atom stereocenters. The maximum absolute atomic E-state index is 12.1. The lowest BCUT2D eigenvalue weighted by Gasteiger charge is -2.21. The second kappa shape index (κ2) is 7.95. The van der Waals surface area contributed by atoms with E-state index in [9.17, 15) is 9.59 Å². The third-order valence-electron chi connectivity index (χ3n) is 3.30. The Balaban J connectivity index is 1.78. The second-order valence-electron chi connectivity index (χ2n) is 6.53. The summed E-state index contributed by atoms with van der Waals surface area (Å²) in [7, 11) is 0.